The average molecular weight is 753 g/mol. The highest BCUT2D eigenvalue weighted by molar-refractivity contribution is 7.86. The summed E-state index contributed by atoms with van der Waals surface area (Å²) in [6.45, 7) is 30.1. The van der Waals surface area contributed by atoms with E-state index in [1.54, 1.807) is 20.8 Å². The van der Waals surface area contributed by atoms with Gasteiger partial charge in [-0.15, -0.1) is 0 Å². The van der Waals surface area contributed by atoms with Gasteiger partial charge in [0.25, 0.3) is 10.1 Å². The van der Waals surface area contributed by atoms with E-state index in [0.29, 0.717) is 17.9 Å². The van der Waals surface area contributed by atoms with Crippen LogP contribution in [0, 0.1) is 5.92 Å². The van der Waals surface area contributed by atoms with Gasteiger partial charge in [0.2, 0.25) is 5.91 Å². The Morgan fingerprint density at radius 1 is 0.827 bits per heavy atom. The van der Waals surface area contributed by atoms with Crippen molar-refractivity contribution in [3.8, 4) is 11.5 Å². The molecule has 1 heterocycles. The van der Waals surface area contributed by atoms with Gasteiger partial charge in [0.1, 0.15) is 24.2 Å². The minimum Gasteiger partial charge on any atom is -0.493 e. The lowest BCUT2D eigenvalue weighted by Crippen LogP contribution is -2.39. The van der Waals surface area contributed by atoms with Crippen LogP contribution in [0.15, 0.2) is 61.2 Å². The predicted molar refractivity (Wildman–Crippen MR) is 210 cm³/mol. The van der Waals surface area contributed by atoms with Crippen LogP contribution in [0.25, 0.3) is 0 Å². The maximum Gasteiger partial charge on any atom is 0.264 e. The molecule has 0 aliphatic carbocycles. The molecule has 52 heavy (non-hydrogen) atoms. The quantitative estimate of drug-likeness (QED) is 0.121. The molecular formula is C40H68N2O9S. The topological polar surface area (TPSA) is 155 Å². The van der Waals surface area contributed by atoms with Crippen LogP contribution >= 0.6 is 0 Å². The maximum atomic E-state index is 10.6. The summed E-state index contributed by atoms with van der Waals surface area (Å²) in [7, 11) is -3.28. The number of nitrogens with zero attached hydrogens (tertiary/aromatic N) is 1. The summed E-state index contributed by atoms with van der Waals surface area (Å²) in [6, 6.07) is 15.8. The minimum absolute atomic E-state index is 0.0651. The van der Waals surface area contributed by atoms with E-state index in [9.17, 15) is 18.3 Å². The molecule has 1 fully saturated rings. The van der Waals surface area contributed by atoms with E-state index in [2.05, 4.69) is 67.7 Å². The number of carbonyl (C=O) groups is 1. The maximum absolute atomic E-state index is 10.6. The molecule has 12 heteroatoms. The third-order valence-electron chi connectivity index (χ3n) is 7.13. The molecule has 2 atom stereocenters. The second-order valence-corrected chi connectivity index (χ2v) is 18.0. The first kappa shape index (κ1) is 49.0. The summed E-state index contributed by atoms with van der Waals surface area (Å²) in [5.41, 5.74) is 1.80. The van der Waals surface area contributed by atoms with Gasteiger partial charge in [-0.05, 0) is 104 Å². The molecular weight excluding hydrogens is 685 g/mol. The van der Waals surface area contributed by atoms with Crippen molar-refractivity contribution in [2.75, 3.05) is 45.8 Å². The van der Waals surface area contributed by atoms with Gasteiger partial charge in [-0.1, -0.05) is 51.6 Å². The van der Waals surface area contributed by atoms with Gasteiger partial charge in [-0.3, -0.25) is 13.9 Å². The first-order chi connectivity index (χ1) is 23.6. The monoisotopic (exact) mass is 752 g/mol. The third-order valence-corrected chi connectivity index (χ3v) is 7.93. The number of aliphatic hydroxyl groups excluding tert-OH is 3. The van der Waals surface area contributed by atoms with Gasteiger partial charge < -0.3 is 30.1 Å². The molecule has 2 aromatic carbocycles. The number of hydrogen-bond donors (Lipinski definition) is 4. The molecule has 298 valence electrons. The highest BCUT2D eigenvalue weighted by Gasteiger charge is 2.29. The van der Waals surface area contributed by atoms with Crippen molar-refractivity contribution in [3.05, 3.63) is 72.3 Å². The minimum atomic E-state index is -3.28. The fourth-order valence-electron chi connectivity index (χ4n) is 4.23. The lowest BCUT2D eigenvalue weighted by molar-refractivity contribution is -0.117. The Balaban J connectivity index is 0.000000840. The van der Waals surface area contributed by atoms with E-state index in [1.165, 1.54) is 19.2 Å². The van der Waals surface area contributed by atoms with Crippen molar-refractivity contribution < 1.29 is 42.2 Å². The summed E-state index contributed by atoms with van der Waals surface area (Å²) in [4.78, 5) is 13.0. The van der Waals surface area contributed by atoms with Crippen LogP contribution in [0.4, 0.5) is 0 Å². The highest BCUT2D eigenvalue weighted by Crippen LogP contribution is 2.33. The zero-order chi connectivity index (χ0) is 40.6. The second kappa shape index (κ2) is 21.6. The van der Waals surface area contributed by atoms with Crippen LogP contribution in [0.1, 0.15) is 94.2 Å². The van der Waals surface area contributed by atoms with Gasteiger partial charge in [0, 0.05) is 42.1 Å². The van der Waals surface area contributed by atoms with Crippen molar-refractivity contribution in [3.63, 3.8) is 0 Å². The third kappa shape index (κ3) is 23.5. The molecule has 1 saturated heterocycles. The van der Waals surface area contributed by atoms with Gasteiger partial charge in [0.15, 0.2) is 0 Å². The molecule has 0 spiro atoms. The number of ether oxygens (including phenoxy) is 2. The van der Waals surface area contributed by atoms with Crippen molar-refractivity contribution >= 4 is 16.0 Å². The molecule has 0 radical (unpaired) electrons. The van der Waals surface area contributed by atoms with E-state index in [0.717, 1.165) is 23.1 Å². The first-order valence-electron chi connectivity index (χ1n) is 17.6. The first-order valence-corrected chi connectivity index (χ1v) is 19.4. The van der Waals surface area contributed by atoms with Gasteiger partial charge in [-0.25, -0.2) is 0 Å². The Morgan fingerprint density at radius 3 is 1.48 bits per heavy atom. The average Bonchev–Trinajstić information content (AvgIpc) is 3.88. The van der Waals surface area contributed by atoms with E-state index in [1.807, 2.05) is 64.1 Å². The summed E-state index contributed by atoms with van der Waals surface area (Å²) >= 11 is 0. The fourth-order valence-corrected chi connectivity index (χ4v) is 5.14. The fraction of sp³-hybridized carbons (Fsp3) is 0.625. The van der Waals surface area contributed by atoms with E-state index >= 15 is 0 Å². The molecule has 3 rings (SSSR count). The van der Waals surface area contributed by atoms with E-state index < -0.39 is 21.8 Å². The SMILES string of the molecule is C=CC(=O)NC(C)(C)C.CC(C)(C)N1CC1.CC(C)(C)OS(C)(=O)=O.CC(CO)COc1ccc(C(C)(C)c2ccc(OCC(O)CO)cc2)cc1. The van der Waals surface area contributed by atoms with Crippen LogP contribution in [0.3, 0.4) is 0 Å². The summed E-state index contributed by atoms with van der Waals surface area (Å²) < 4.78 is 36.6. The molecule has 0 bridgehead atoms. The normalized spacial score (nSPS) is 14.5. The highest BCUT2D eigenvalue weighted by atomic mass is 32.2. The lowest BCUT2D eigenvalue weighted by atomic mass is 9.78. The molecule has 0 saturated carbocycles. The molecule has 2 unspecified atom stereocenters. The Labute approximate surface area is 314 Å². The van der Waals surface area contributed by atoms with Gasteiger partial charge in [0.05, 0.1) is 25.1 Å². The van der Waals surface area contributed by atoms with Crippen molar-refractivity contribution in [2.24, 2.45) is 5.92 Å². The summed E-state index contributed by atoms with van der Waals surface area (Å²) in [6.07, 6.45) is 1.44. The van der Waals surface area contributed by atoms with Crippen LogP contribution in [-0.2, 0) is 24.5 Å². The van der Waals surface area contributed by atoms with E-state index in [-0.39, 0.29) is 42.6 Å². The van der Waals surface area contributed by atoms with Crippen LogP contribution in [0.2, 0.25) is 0 Å². The van der Waals surface area contributed by atoms with Gasteiger partial charge >= 0.3 is 0 Å². The number of nitrogens with one attached hydrogen (secondary N) is 1. The van der Waals surface area contributed by atoms with Crippen LogP contribution in [0.5, 0.6) is 11.5 Å². The van der Waals surface area contributed by atoms with Gasteiger partial charge in [-0.2, -0.15) is 8.42 Å². The Hall–Kier alpha value is -3.00. The number of hydrogen-bond acceptors (Lipinski definition) is 10. The summed E-state index contributed by atoms with van der Waals surface area (Å²) in [5, 5.41) is 30.0. The smallest absolute Gasteiger partial charge is 0.264 e. The Bertz CT molecular complexity index is 1360. The molecule has 2 aromatic rings. The predicted octanol–water partition coefficient (Wildman–Crippen LogP) is 5.70. The number of amides is 1. The molecule has 0 aromatic heterocycles. The largest absolute Gasteiger partial charge is 0.493 e. The Morgan fingerprint density at radius 2 is 1.25 bits per heavy atom. The van der Waals surface area contributed by atoms with Crippen LogP contribution in [-0.4, -0.2) is 103 Å². The lowest BCUT2D eigenvalue weighted by Gasteiger charge is -2.26. The van der Waals surface area contributed by atoms with Crippen LogP contribution < -0.4 is 14.8 Å². The molecule has 1 aliphatic rings. The number of rotatable bonds is 12. The molecule has 11 nitrogen and oxygen atoms in total. The van der Waals surface area contributed by atoms with Crippen molar-refractivity contribution in [1.29, 1.82) is 0 Å². The second-order valence-electron chi connectivity index (χ2n) is 16.4. The zero-order valence-corrected chi connectivity index (χ0v) is 34.8. The van der Waals surface area contributed by atoms with Crippen molar-refractivity contribution in [2.45, 2.75) is 111 Å². The number of aliphatic hydroxyl groups is 3. The van der Waals surface area contributed by atoms with Crippen molar-refractivity contribution in [1.82, 2.24) is 10.2 Å². The molecule has 1 aliphatic heterocycles. The summed E-state index contributed by atoms with van der Waals surface area (Å²) in [5.74, 6) is 1.44. The number of carbonyl (C=O) groups excluding carboxylic acids is 1. The molecule has 1 amide bonds. The Kier molecular flexibility index (Phi) is 20.4. The molecule has 4 N–H and O–H groups in total. The van der Waals surface area contributed by atoms with E-state index in [4.69, 9.17) is 19.7 Å². The standard InChI is InChI=1S/C22H30O5.C7H13NO.C6H13N.C5H12O3S/c1-16(12-23)14-26-20-8-4-17(5-9-20)22(2,3)18-6-10-21(11-7-18)27-15-19(25)13-24;1-5-6(9)8-7(2,3)4;1-6(2,3)7-4-5-7;1-5(2,3)8-9(4,6)7/h4-11,16,19,23-25H,12-15H2,1-3H3;5H,1H2,2-4H3,(H,8,9);4-5H2,1-3H3;1-4H3. The zero-order valence-electron chi connectivity index (χ0n) is 33.9. The number of benzene rings is 2.